The van der Waals surface area contributed by atoms with E-state index in [1.165, 1.54) is 12.8 Å². The molecule has 0 spiro atoms. The van der Waals surface area contributed by atoms with Crippen LogP contribution >= 0.6 is 0 Å². The van der Waals surface area contributed by atoms with E-state index in [1.807, 2.05) is 16.8 Å². The van der Waals surface area contributed by atoms with Crippen molar-refractivity contribution in [1.82, 2.24) is 19.6 Å². The summed E-state index contributed by atoms with van der Waals surface area (Å²) in [6.07, 6.45) is 4.34. The molecule has 0 bridgehead atoms. The second-order valence-corrected chi connectivity index (χ2v) is 7.25. The molecule has 1 amide bonds. The van der Waals surface area contributed by atoms with Gasteiger partial charge >= 0.3 is 0 Å². The number of β-amino-alcohol motifs (C(OH)–C–C–N with tert-alkyl or cyclic N) is 1. The fraction of sp³-hybridized carbons (Fsp3) is 0.941. The van der Waals surface area contributed by atoms with Crippen LogP contribution < -0.4 is 0 Å². The molecule has 2 aliphatic heterocycles. The maximum atomic E-state index is 12.4. The van der Waals surface area contributed by atoms with Crippen molar-refractivity contribution in [3.8, 4) is 0 Å². The summed E-state index contributed by atoms with van der Waals surface area (Å²) in [5, 5.41) is 10.3. The summed E-state index contributed by atoms with van der Waals surface area (Å²) < 4.78 is 0. The molecule has 0 aromatic heterocycles. The molecule has 1 N–H and O–H groups in total. The first kappa shape index (κ1) is 18.6. The van der Waals surface area contributed by atoms with Gasteiger partial charge in [-0.15, -0.1) is 0 Å². The van der Waals surface area contributed by atoms with Gasteiger partial charge in [0.05, 0.1) is 12.6 Å². The van der Waals surface area contributed by atoms with E-state index in [0.29, 0.717) is 19.6 Å². The Morgan fingerprint density at radius 3 is 2.26 bits per heavy atom. The van der Waals surface area contributed by atoms with Crippen LogP contribution in [-0.4, -0.2) is 110 Å². The highest BCUT2D eigenvalue weighted by molar-refractivity contribution is 5.78. The van der Waals surface area contributed by atoms with Crippen molar-refractivity contribution in [2.45, 2.75) is 31.8 Å². The Morgan fingerprint density at radius 2 is 1.65 bits per heavy atom. The van der Waals surface area contributed by atoms with Crippen LogP contribution in [0.5, 0.6) is 0 Å². The number of nitrogens with zero attached hydrogens (tertiary/aromatic N) is 4. The molecule has 6 heteroatoms. The van der Waals surface area contributed by atoms with Crippen molar-refractivity contribution in [1.29, 1.82) is 0 Å². The van der Waals surface area contributed by atoms with Crippen LogP contribution in [0.1, 0.15) is 25.7 Å². The lowest BCUT2D eigenvalue weighted by molar-refractivity contribution is -0.132. The van der Waals surface area contributed by atoms with E-state index in [1.54, 1.807) is 0 Å². The molecule has 2 fully saturated rings. The second-order valence-electron chi connectivity index (χ2n) is 7.25. The SMILES string of the molecule is CN1CCN(CC(O)CN(C)CC(=O)N2CCCCCC2)CC1. The van der Waals surface area contributed by atoms with Gasteiger partial charge in [-0.2, -0.15) is 0 Å². The van der Waals surface area contributed by atoms with Gasteiger partial charge in [-0.25, -0.2) is 0 Å². The van der Waals surface area contributed by atoms with E-state index < -0.39 is 0 Å². The lowest BCUT2D eigenvalue weighted by Gasteiger charge is -2.34. The van der Waals surface area contributed by atoms with Gasteiger partial charge in [0, 0.05) is 52.4 Å². The molecule has 2 rings (SSSR count). The van der Waals surface area contributed by atoms with E-state index in [-0.39, 0.29) is 12.0 Å². The molecule has 0 radical (unpaired) electrons. The normalized spacial score (nSPS) is 23.0. The Bertz CT molecular complexity index is 351. The summed E-state index contributed by atoms with van der Waals surface area (Å²) in [6.45, 7) is 7.65. The standard InChI is InChI=1S/C17H34N4O2/c1-18-9-11-20(12-10-18)14-16(22)13-19(2)15-17(23)21-7-5-3-4-6-8-21/h16,22H,3-15H2,1-2H3. The first-order valence-electron chi connectivity index (χ1n) is 9.10. The van der Waals surface area contributed by atoms with Crippen molar-refractivity contribution in [3.63, 3.8) is 0 Å². The first-order chi connectivity index (χ1) is 11.0. The van der Waals surface area contributed by atoms with E-state index >= 15 is 0 Å². The summed E-state index contributed by atoms with van der Waals surface area (Å²) >= 11 is 0. The van der Waals surface area contributed by atoms with Gasteiger partial charge in [0.2, 0.25) is 5.91 Å². The number of aliphatic hydroxyl groups excluding tert-OH is 1. The predicted octanol–water partition coefficient (Wildman–Crippen LogP) is -0.0709. The molecule has 134 valence electrons. The van der Waals surface area contributed by atoms with Crippen LogP contribution in [-0.2, 0) is 4.79 Å². The zero-order chi connectivity index (χ0) is 16.7. The quantitative estimate of drug-likeness (QED) is 0.740. The zero-order valence-corrected chi connectivity index (χ0v) is 14.9. The van der Waals surface area contributed by atoms with Crippen LogP contribution in [0, 0.1) is 0 Å². The number of likely N-dealkylation sites (tertiary alicyclic amines) is 1. The molecule has 23 heavy (non-hydrogen) atoms. The van der Waals surface area contributed by atoms with Gasteiger partial charge in [-0.05, 0) is 26.9 Å². The molecule has 2 heterocycles. The van der Waals surface area contributed by atoms with Crippen LogP contribution in [0.4, 0.5) is 0 Å². The van der Waals surface area contributed by atoms with Crippen LogP contribution in [0.15, 0.2) is 0 Å². The minimum absolute atomic E-state index is 0.209. The number of rotatable bonds is 6. The molecule has 1 unspecified atom stereocenters. The maximum absolute atomic E-state index is 12.4. The number of likely N-dealkylation sites (N-methyl/N-ethyl adjacent to an activating group) is 2. The molecule has 0 saturated carbocycles. The number of carbonyl (C=O) groups is 1. The molecule has 2 aliphatic rings. The maximum Gasteiger partial charge on any atom is 0.236 e. The van der Waals surface area contributed by atoms with Gasteiger partial charge in [0.25, 0.3) is 0 Å². The Kier molecular flexibility index (Phi) is 7.76. The third kappa shape index (κ3) is 6.75. The first-order valence-corrected chi connectivity index (χ1v) is 9.10. The second kappa shape index (κ2) is 9.57. The van der Waals surface area contributed by atoms with Gasteiger partial charge < -0.3 is 14.9 Å². The Balaban J connectivity index is 1.66. The van der Waals surface area contributed by atoms with Crippen LogP contribution in [0.3, 0.4) is 0 Å². The third-order valence-electron chi connectivity index (χ3n) is 4.95. The summed E-state index contributed by atoms with van der Waals surface area (Å²) in [4.78, 5) is 20.9. The summed E-state index contributed by atoms with van der Waals surface area (Å²) in [5.74, 6) is 0.209. The van der Waals surface area contributed by atoms with E-state index in [2.05, 4.69) is 16.8 Å². The van der Waals surface area contributed by atoms with Crippen molar-refractivity contribution < 1.29 is 9.90 Å². The molecular formula is C17H34N4O2. The summed E-state index contributed by atoms with van der Waals surface area (Å²) in [7, 11) is 4.07. The molecule has 0 aliphatic carbocycles. The molecular weight excluding hydrogens is 292 g/mol. The zero-order valence-electron chi connectivity index (χ0n) is 14.9. The largest absolute Gasteiger partial charge is 0.390 e. The number of amides is 1. The summed E-state index contributed by atoms with van der Waals surface area (Å²) in [5.41, 5.74) is 0. The van der Waals surface area contributed by atoms with Gasteiger partial charge in [0.1, 0.15) is 0 Å². The van der Waals surface area contributed by atoms with Crippen molar-refractivity contribution >= 4 is 5.91 Å². The minimum Gasteiger partial charge on any atom is -0.390 e. The Morgan fingerprint density at radius 1 is 1.04 bits per heavy atom. The van der Waals surface area contributed by atoms with E-state index in [0.717, 1.165) is 52.1 Å². The van der Waals surface area contributed by atoms with Crippen molar-refractivity contribution in [3.05, 3.63) is 0 Å². The fourth-order valence-electron chi connectivity index (χ4n) is 3.46. The van der Waals surface area contributed by atoms with E-state index in [4.69, 9.17) is 0 Å². The third-order valence-corrected chi connectivity index (χ3v) is 4.95. The highest BCUT2D eigenvalue weighted by Gasteiger charge is 2.20. The summed E-state index contributed by atoms with van der Waals surface area (Å²) in [6, 6.07) is 0. The average molecular weight is 326 g/mol. The van der Waals surface area contributed by atoms with Crippen molar-refractivity contribution in [2.24, 2.45) is 0 Å². The van der Waals surface area contributed by atoms with E-state index in [9.17, 15) is 9.90 Å². The predicted molar refractivity (Wildman–Crippen MR) is 92.5 cm³/mol. The molecule has 2 saturated heterocycles. The highest BCUT2D eigenvalue weighted by atomic mass is 16.3. The van der Waals surface area contributed by atoms with Crippen molar-refractivity contribution in [2.75, 3.05) is 73.0 Å². The number of hydrogen-bond donors (Lipinski definition) is 1. The topological polar surface area (TPSA) is 50.3 Å². The molecule has 0 aromatic rings. The van der Waals surface area contributed by atoms with Gasteiger partial charge in [-0.3, -0.25) is 14.6 Å². The lowest BCUT2D eigenvalue weighted by atomic mass is 10.2. The lowest BCUT2D eigenvalue weighted by Crippen LogP contribution is -2.49. The number of aliphatic hydroxyl groups is 1. The number of hydrogen-bond acceptors (Lipinski definition) is 5. The monoisotopic (exact) mass is 326 g/mol. The minimum atomic E-state index is -0.389. The van der Waals surface area contributed by atoms with Gasteiger partial charge in [0.15, 0.2) is 0 Å². The molecule has 6 nitrogen and oxygen atoms in total. The smallest absolute Gasteiger partial charge is 0.236 e. The number of carbonyl (C=O) groups excluding carboxylic acids is 1. The fourth-order valence-corrected chi connectivity index (χ4v) is 3.46. The van der Waals surface area contributed by atoms with Crippen LogP contribution in [0.2, 0.25) is 0 Å². The molecule has 0 aromatic carbocycles. The highest BCUT2D eigenvalue weighted by Crippen LogP contribution is 2.10. The molecule has 1 atom stereocenters. The van der Waals surface area contributed by atoms with Crippen LogP contribution in [0.25, 0.3) is 0 Å². The number of piperazine rings is 1. The Labute approximate surface area is 141 Å². The average Bonchev–Trinajstić information content (AvgIpc) is 2.78. The van der Waals surface area contributed by atoms with Gasteiger partial charge in [-0.1, -0.05) is 12.8 Å². The Hall–Kier alpha value is -0.690.